The molecule has 2 aliphatic rings. The van der Waals surface area contributed by atoms with Crippen molar-refractivity contribution in [1.29, 1.82) is 0 Å². The Hall–Kier alpha value is -1.91. The van der Waals surface area contributed by atoms with Crippen LogP contribution in [0.5, 0.6) is 0 Å². The number of para-hydroxylation sites is 1. The van der Waals surface area contributed by atoms with Gasteiger partial charge in [0.1, 0.15) is 5.56 Å². The number of carbonyl (C=O) groups is 1. The average molecular weight is 302 g/mol. The van der Waals surface area contributed by atoms with Gasteiger partial charge in [-0.1, -0.05) is 18.6 Å². The van der Waals surface area contributed by atoms with Gasteiger partial charge in [-0.3, -0.25) is 14.9 Å². The molecule has 0 heterocycles. The number of benzene rings is 1. The summed E-state index contributed by atoms with van der Waals surface area (Å²) in [5.41, 5.74) is 0.602. The number of nitrogens with zero attached hydrogens (tertiary/aromatic N) is 1. The molecular formula is C17H22N2O3. The molecule has 2 aliphatic carbocycles. The number of hydrogen-bond donors (Lipinski definition) is 1. The lowest BCUT2D eigenvalue weighted by Gasteiger charge is -2.28. The van der Waals surface area contributed by atoms with Gasteiger partial charge in [-0.05, 0) is 56.9 Å². The van der Waals surface area contributed by atoms with Crippen LogP contribution in [0.25, 0.3) is 0 Å². The van der Waals surface area contributed by atoms with Gasteiger partial charge in [0, 0.05) is 11.6 Å². The average Bonchev–Trinajstić information content (AvgIpc) is 3.09. The molecule has 0 saturated heterocycles. The highest BCUT2D eigenvalue weighted by atomic mass is 16.6. The van der Waals surface area contributed by atoms with Crippen LogP contribution in [0.2, 0.25) is 0 Å². The first-order chi connectivity index (χ1) is 10.5. The lowest BCUT2D eigenvalue weighted by atomic mass is 9.84. The second-order valence-corrected chi connectivity index (χ2v) is 6.83. The fourth-order valence-corrected chi connectivity index (χ4v) is 4.38. The van der Waals surface area contributed by atoms with E-state index in [2.05, 4.69) is 5.32 Å². The zero-order chi connectivity index (χ0) is 15.9. The van der Waals surface area contributed by atoms with Crippen LogP contribution < -0.4 is 5.32 Å². The van der Waals surface area contributed by atoms with Crippen molar-refractivity contribution in [3.8, 4) is 0 Å². The summed E-state index contributed by atoms with van der Waals surface area (Å²) >= 11 is 0. The first kappa shape index (κ1) is 15.0. The Kier molecular flexibility index (Phi) is 3.89. The van der Waals surface area contributed by atoms with Gasteiger partial charge in [0.05, 0.1) is 4.92 Å². The van der Waals surface area contributed by atoms with E-state index in [1.165, 1.54) is 31.7 Å². The van der Waals surface area contributed by atoms with E-state index in [0.29, 0.717) is 17.4 Å². The molecule has 2 saturated carbocycles. The molecule has 2 fully saturated rings. The maximum absolute atomic E-state index is 12.5. The van der Waals surface area contributed by atoms with Crippen molar-refractivity contribution in [3.05, 3.63) is 39.4 Å². The first-order valence-electron chi connectivity index (χ1n) is 8.02. The zero-order valence-electron chi connectivity index (χ0n) is 13.0. The molecule has 0 unspecified atom stereocenters. The quantitative estimate of drug-likeness (QED) is 0.684. The monoisotopic (exact) mass is 302 g/mol. The maximum Gasteiger partial charge on any atom is 0.285 e. The minimum absolute atomic E-state index is 0.0721. The SMILES string of the molecule is Cc1cccc(C(=O)N[C@@H](C)[C@@H]2C[C@@H]3CC[C@@H]2C3)c1[N+](=O)[O-]. The van der Waals surface area contributed by atoms with Crippen molar-refractivity contribution in [2.24, 2.45) is 17.8 Å². The Balaban J connectivity index is 1.75. The highest BCUT2D eigenvalue weighted by Gasteiger charge is 2.42. The van der Waals surface area contributed by atoms with E-state index in [1.54, 1.807) is 19.1 Å². The van der Waals surface area contributed by atoms with E-state index < -0.39 is 4.92 Å². The number of aryl methyl sites for hydroxylation is 1. The Labute approximate surface area is 130 Å². The first-order valence-corrected chi connectivity index (χ1v) is 8.02. The van der Waals surface area contributed by atoms with Crippen LogP contribution in [-0.2, 0) is 0 Å². The third kappa shape index (κ3) is 2.60. The molecule has 4 atom stereocenters. The molecule has 5 nitrogen and oxygen atoms in total. The third-order valence-corrected chi connectivity index (χ3v) is 5.46. The number of nitro groups is 1. The van der Waals surface area contributed by atoms with Gasteiger partial charge in [0.15, 0.2) is 0 Å². The molecule has 0 aliphatic heterocycles. The van der Waals surface area contributed by atoms with Gasteiger partial charge in [0.2, 0.25) is 0 Å². The summed E-state index contributed by atoms with van der Waals surface area (Å²) in [6.45, 7) is 3.69. The molecule has 0 radical (unpaired) electrons. The van der Waals surface area contributed by atoms with Crippen molar-refractivity contribution < 1.29 is 9.72 Å². The van der Waals surface area contributed by atoms with Crippen LogP contribution >= 0.6 is 0 Å². The summed E-state index contributed by atoms with van der Waals surface area (Å²) in [6, 6.07) is 4.96. The lowest BCUT2D eigenvalue weighted by molar-refractivity contribution is -0.385. The normalized spacial score (nSPS) is 27.6. The third-order valence-electron chi connectivity index (χ3n) is 5.46. The van der Waals surface area contributed by atoms with Gasteiger partial charge in [-0.25, -0.2) is 0 Å². The van der Waals surface area contributed by atoms with Gasteiger partial charge < -0.3 is 5.32 Å². The van der Waals surface area contributed by atoms with Crippen LogP contribution in [0.3, 0.4) is 0 Å². The van der Waals surface area contributed by atoms with Crippen molar-refractivity contribution in [3.63, 3.8) is 0 Å². The molecule has 0 spiro atoms. The van der Waals surface area contributed by atoms with E-state index in [4.69, 9.17) is 0 Å². The number of fused-ring (bicyclic) bond motifs is 2. The summed E-state index contributed by atoms with van der Waals surface area (Å²) < 4.78 is 0. The Morgan fingerprint density at radius 1 is 1.36 bits per heavy atom. The van der Waals surface area contributed by atoms with E-state index in [-0.39, 0.29) is 23.2 Å². The molecule has 1 aromatic carbocycles. The van der Waals surface area contributed by atoms with E-state index in [1.807, 2.05) is 6.92 Å². The predicted octanol–water partition coefficient (Wildman–Crippen LogP) is 3.46. The van der Waals surface area contributed by atoms with Crippen LogP contribution in [0.15, 0.2) is 18.2 Å². The number of amides is 1. The number of hydrogen-bond acceptors (Lipinski definition) is 3. The molecule has 1 aromatic rings. The molecule has 1 N–H and O–H groups in total. The Morgan fingerprint density at radius 2 is 2.14 bits per heavy atom. The molecule has 118 valence electrons. The second-order valence-electron chi connectivity index (χ2n) is 6.83. The molecule has 3 rings (SSSR count). The van der Waals surface area contributed by atoms with Crippen LogP contribution in [0, 0.1) is 34.8 Å². The minimum atomic E-state index is -0.466. The minimum Gasteiger partial charge on any atom is -0.349 e. The second kappa shape index (κ2) is 5.71. The summed E-state index contributed by atoms with van der Waals surface area (Å²) in [6.07, 6.45) is 5.06. The summed E-state index contributed by atoms with van der Waals surface area (Å²) in [7, 11) is 0. The summed E-state index contributed by atoms with van der Waals surface area (Å²) in [5.74, 6) is 1.73. The van der Waals surface area contributed by atoms with Crippen molar-refractivity contribution >= 4 is 11.6 Å². The number of nitro benzene ring substituents is 1. The maximum atomic E-state index is 12.5. The van der Waals surface area contributed by atoms with Crippen molar-refractivity contribution in [2.45, 2.75) is 45.6 Å². The topological polar surface area (TPSA) is 72.2 Å². The highest BCUT2D eigenvalue weighted by molar-refractivity contribution is 5.98. The smallest absolute Gasteiger partial charge is 0.285 e. The fraction of sp³-hybridized carbons (Fsp3) is 0.588. The summed E-state index contributed by atoms with van der Waals surface area (Å²) in [5, 5.41) is 14.2. The summed E-state index contributed by atoms with van der Waals surface area (Å²) in [4.78, 5) is 23.2. The van der Waals surface area contributed by atoms with Crippen molar-refractivity contribution in [1.82, 2.24) is 5.32 Å². The van der Waals surface area contributed by atoms with Crippen LogP contribution in [0.1, 0.15) is 48.5 Å². The molecule has 2 bridgehead atoms. The highest BCUT2D eigenvalue weighted by Crippen LogP contribution is 2.49. The van der Waals surface area contributed by atoms with E-state index >= 15 is 0 Å². The van der Waals surface area contributed by atoms with Crippen LogP contribution in [-0.4, -0.2) is 16.9 Å². The number of carbonyl (C=O) groups excluding carboxylic acids is 1. The Bertz CT molecular complexity index is 614. The van der Waals surface area contributed by atoms with Gasteiger partial charge in [-0.2, -0.15) is 0 Å². The molecular weight excluding hydrogens is 280 g/mol. The van der Waals surface area contributed by atoms with E-state index in [0.717, 1.165) is 5.92 Å². The predicted molar refractivity (Wildman–Crippen MR) is 83.7 cm³/mol. The fourth-order valence-electron chi connectivity index (χ4n) is 4.38. The van der Waals surface area contributed by atoms with E-state index in [9.17, 15) is 14.9 Å². The lowest BCUT2D eigenvalue weighted by Crippen LogP contribution is -2.40. The largest absolute Gasteiger partial charge is 0.349 e. The van der Waals surface area contributed by atoms with Gasteiger partial charge in [0.25, 0.3) is 11.6 Å². The standard InChI is InChI=1S/C17H22N2O3/c1-10-4-3-5-14(16(10)19(21)22)17(20)18-11(2)15-9-12-6-7-13(15)8-12/h3-5,11-13,15H,6-9H2,1-2H3,(H,18,20)/t11-,12+,13+,15-/m0/s1. The Morgan fingerprint density at radius 3 is 2.73 bits per heavy atom. The number of rotatable bonds is 4. The molecule has 1 amide bonds. The van der Waals surface area contributed by atoms with Crippen LogP contribution in [0.4, 0.5) is 5.69 Å². The molecule has 0 aromatic heterocycles. The van der Waals surface area contributed by atoms with Crippen molar-refractivity contribution in [2.75, 3.05) is 0 Å². The number of nitrogens with one attached hydrogen (secondary N) is 1. The van der Waals surface area contributed by atoms with Gasteiger partial charge >= 0.3 is 0 Å². The molecule has 5 heteroatoms. The molecule has 22 heavy (non-hydrogen) atoms. The zero-order valence-corrected chi connectivity index (χ0v) is 13.0. The van der Waals surface area contributed by atoms with Gasteiger partial charge in [-0.15, -0.1) is 0 Å².